The van der Waals surface area contributed by atoms with Crippen molar-refractivity contribution < 1.29 is 0 Å². The van der Waals surface area contributed by atoms with Crippen molar-refractivity contribution in [3.05, 3.63) is 44.6 Å². The molecule has 0 saturated carbocycles. The Labute approximate surface area is 97.1 Å². The number of aromatic nitrogens is 2. The van der Waals surface area contributed by atoms with E-state index >= 15 is 0 Å². The van der Waals surface area contributed by atoms with Gasteiger partial charge in [-0.3, -0.25) is 9.20 Å². The highest BCUT2D eigenvalue weighted by Gasteiger charge is 2.07. The van der Waals surface area contributed by atoms with Gasteiger partial charge < -0.3 is 0 Å². The summed E-state index contributed by atoms with van der Waals surface area (Å²) in [5.41, 5.74) is 0.711. The summed E-state index contributed by atoms with van der Waals surface area (Å²) in [5.74, 6) is 0. The van der Waals surface area contributed by atoms with Crippen LogP contribution in [0.2, 0.25) is 0 Å². The maximum absolute atomic E-state index is 12.0. The van der Waals surface area contributed by atoms with Crippen LogP contribution in [0.25, 0.3) is 15.9 Å². The molecule has 0 spiro atoms. The SMILES string of the molecule is O=c1c2cccc(Br)c2nc2sccn12. The second-order valence-electron chi connectivity index (χ2n) is 3.11. The van der Waals surface area contributed by atoms with Gasteiger partial charge in [0.05, 0.1) is 10.9 Å². The molecule has 2 aromatic heterocycles. The predicted octanol–water partition coefficient (Wildman–Crippen LogP) is 2.67. The summed E-state index contributed by atoms with van der Waals surface area (Å²) in [6, 6.07) is 5.52. The number of hydrogen-bond donors (Lipinski definition) is 0. The number of nitrogens with zero attached hydrogens (tertiary/aromatic N) is 2. The van der Waals surface area contributed by atoms with Crippen molar-refractivity contribution >= 4 is 43.1 Å². The summed E-state index contributed by atoms with van der Waals surface area (Å²) in [4.78, 5) is 17.2. The van der Waals surface area contributed by atoms with Crippen LogP contribution in [0.4, 0.5) is 0 Å². The maximum atomic E-state index is 12.0. The second-order valence-corrected chi connectivity index (χ2v) is 4.84. The summed E-state index contributed by atoms with van der Waals surface area (Å²) in [6.45, 7) is 0. The standard InChI is InChI=1S/C10H5BrN2OS/c11-7-3-1-2-6-8(7)12-10-13(9(6)14)4-5-15-10/h1-5H. The van der Waals surface area contributed by atoms with Gasteiger partial charge in [-0.05, 0) is 28.1 Å². The molecule has 5 heteroatoms. The maximum Gasteiger partial charge on any atom is 0.266 e. The topological polar surface area (TPSA) is 34.4 Å². The summed E-state index contributed by atoms with van der Waals surface area (Å²) in [7, 11) is 0. The van der Waals surface area contributed by atoms with Crippen LogP contribution in [0.15, 0.2) is 39.0 Å². The lowest BCUT2D eigenvalue weighted by Gasteiger charge is -1.99. The molecule has 0 aliphatic carbocycles. The zero-order chi connectivity index (χ0) is 10.4. The fourth-order valence-corrected chi connectivity index (χ4v) is 2.69. The van der Waals surface area contributed by atoms with Crippen LogP contribution in [0.1, 0.15) is 0 Å². The fourth-order valence-electron chi connectivity index (χ4n) is 1.53. The first-order chi connectivity index (χ1) is 7.27. The Morgan fingerprint density at radius 1 is 1.40 bits per heavy atom. The van der Waals surface area contributed by atoms with Gasteiger partial charge in [0.2, 0.25) is 0 Å². The molecule has 1 aromatic carbocycles. The van der Waals surface area contributed by atoms with E-state index in [2.05, 4.69) is 20.9 Å². The number of hydrogen-bond acceptors (Lipinski definition) is 3. The number of para-hydroxylation sites is 1. The van der Waals surface area contributed by atoms with Crippen molar-refractivity contribution in [1.82, 2.24) is 9.38 Å². The third-order valence-electron chi connectivity index (χ3n) is 2.23. The van der Waals surface area contributed by atoms with Crippen LogP contribution in [-0.4, -0.2) is 9.38 Å². The molecule has 0 aliphatic rings. The number of thiazole rings is 1. The fraction of sp³-hybridized carbons (Fsp3) is 0. The Balaban J connectivity index is 2.70. The van der Waals surface area contributed by atoms with Crippen LogP contribution in [0.5, 0.6) is 0 Å². The van der Waals surface area contributed by atoms with Gasteiger partial charge in [-0.1, -0.05) is 6.07 Å². The first-order valence-electron chi connectivity index (χ1n) is 4.31. The molecule has 2 heterocycles. The lowest BCUT2D eigenvalue weighted by atomic mass is 10.2. The monoisotopic (exact) mass is 280 g/mol. The van der Waals surface area contributed by atoms with Crippen LogP contribution >= 0.6 is 27.3 Å². The molecule has 15 heavy (non-hydrogen) atoms. The Morgan fingerprint density at radius 3 is 3.13 bits per heavy atom. The van der Waals surface area contributed by atoms with Crippen molar-refractivity contribution in [2.24, 2.45) is 0 Å². The van der Waals surface area contributed by atoms with Gasteiger partial charge in [0.1, 0.15) is 0 Å². The third kappa shape index (κ3) is 1.23. The van der Waals surface area contributed by atoms with Gasteiger partial charge in [-0.25, -0.2) is 4.98 Å². The minimum absolute atomic E-state index is 0.0162. The molecule has 0 amide bonds. The van der Waals surface area contributed by atoms with E-state index < -0.39 is 0 Å². The zero-order valence-corrected chi connectivity index (χ0v) is 9.88. The van der Waals surface area contributed by atoms with Gasteiger partial charge in [0, 0.05) is 16.0 Å². The molecule has 0 radical (unpaired) electrons. The zero-order valence-electron chi connectivity index (χ0n) is 7.48. The average molecular weight is 281 g/mol. The highest BCUT2D eigenvalue weighted by Crippen LogP contribution is 2.21. The lowest BCUT2D eigenvalue weighted by Crippen LogP contribution is -2.12. The molecule has 0 atom stereocenters. The lowest BCUT2D eigenvalue weighted by molar-refractivity contribution is 1.11. The number of rotatable bonds is 0. The summed E-state index contributed by atoms with van der Waals surface area (Å²) in [6.07, 6.45) is 1.75. The van der Waals surface area contributed by atoms with Gasteiger partial charge >= 0.3 is 0 Å². The minimum Gasteiger partial charge on any atom is -0.268 e. The minimum atomic E-state index is -0.0162. The molecule has 74 valence electrons. The first kappa shape index (κ1) is 9.06. The van der Waals surface area contributed by atoms with E-state index in [4.69, 9.17) is 0 Å². The largest absolute Gasteiger partial charge is 0.268 e. The molecule has 0 fully saturated rings. The van der Waals surface area contributed by atoms with E-state index in [9.17, 15) is 4.79 Å². The van der Waals surface area contributed by atoms with Gasteiger partial charge in [0.15, 0.2) is 4.96 Å². The normalized spacial score (nSPS) is 11.3. The summed E-state index contributed by atoms with van der Waals surface area (Å²) >= 11 is 4.86. The smallest absolute Gasteiger partial charge is 0.266 e. The average Bonchev–Trinajstić information content (AvgIpc) is 2.68. The van der Waals surface area contributed by atoms with E-state index in [1.165, 1.54) is 11.3 Å². The second kappa shape index (κ2) is 3.15. The molecule has 3 aromatic rings. The summed E-state index contributed by atoms with van der Waals surface area (Å²) in [5, 5.41) is 2.50. The molecule has 0 saturated heterocycles. The van der Waals surface area contributed by atoms with Gasteiger partial charge in [0.25, 0.3) is 5.56 Å². The van der Waals surface area contributed by atoms with E-state index in [0.29, 0.717) is 5.39 Å². The van der Waals surface area contributed by atoms with Crippen molar-refractivity contribution in [2.45, 2.75) is 0 Å². The van der Waals surface area contributed by atoms with E-state index in [1.54, 1.807) is 16.7 Å². The quantitative estimate of drug-likeness (QED) is 0.635. The number of benzene rings is 1. The molecule has 0 N–H and O–H groups in total. The van der Waals surface area contributed by atoms with Crippen molar-refractivity contribution in [1.29, 1.82) is 0 Å². The van der Waals surface area contributed by atoms with Crippen molar-refractivity contribution in [3.63, 3.8) is 0 Å². The van der Waals surface area contributed by atoms with E-state index in [0.717, 1.165) is 15.0 Å². The predicted molar refractivity (Wildman–Crippen MR) is 64.5 cm³/mol. The molecule has 0 bridgehead atoms. The first-order valence-corrected chi connectivity index (χ1v) is 5.99. The Morgan fingerprint density at radius 2 is 2.27 bits per heavy atom. The molecular formula is C10H5BrN2OS. The third-order valence-corrected chi connectivity index (χ3v) is 3.63. The van der Waals surface area contributed by atoms with Crippen LogP contribution in [-0.2, 0) is 0 Å². The molecule has 0 aliphatic heterocycles. The van der Waals surface area contributed by atoms with E-state index in [-0.39, 0.29) is 5.56 Å². The Kier molecular flexibility index (Phi) is 1.90. The van der Waals surface area contributed by atoms with Gasteiger partial charge in [-0.2, -0.15) is 0 Å². The molecule has 3 nitrogen and oxygen atoms in total. The Bertz CT molecular complexity index is 716. The molecule has 0 unspecified atom stereocenters. The van der Waals surface area contributed by atoms with Gasteiger partial charge in [-0.15, -0.1) is 11.3 Å². The van der Waals surface area contributed by atoms with Crippen molar-refractivity contribution in [2.75, 3.05) is 0 Å². The van der Waals surface area contributed by atoms with Crippen LogP contribution < -0.4 is 5.56 Å². The van der Waals surface area contributed by atoms with Crippen molar-refractivity contribution in [3.8, 4) is 0 Å². The summed E-state index contributed by atoms with van der Waals surface area (Å²) < 4.78 is 2.42. The number of halogens is 1. The molecular weight excluding hydrogens is 276 g/mol. The highest BCUT2D eigenvalue weighted by molar-refractivity contribution is 9.10. The van der Waals surface area contributed by atoms with Crippen LogP contribution in [0.3, 0.4) is 0 Å². The van der Waals surface area contributed by atoms with Crippen LogP contribution in [0, 0.1) is 0 Å². The number of fused-ring (bicyclic) bond motifs is 2. The highest BCUT2D eigenvalue weighted by atomic mass is 79.9. The molecule has 3 rings (SSSR count). The Hall–Kier alpha value is -1.20. The van der Waals surface area contributed by atoms with E-state index in [1.807, 2.05) is 17.5 Å².